The average molecular weight is 262 g/mol. The number of nitrogens with zero attached hydrogens (tertiary/aromatic N) is 1. The second-order valence-corrected chi connectivity index (χ2v) is 5.35. The van der Waals surface area contributed by atoms with E-state index >= 15 is 0 Å². The minimum atomic E-state index is 0.863. The molecule has 2 heteroatoms. The standard InChI is InChI=1S/C17H30N2/c1-3-5-6-7-8-9-14-19(13-4-2)17-12-10-11-16(18)15-17/h10-12,15H,3-9,13-14,18H2,1-2H3. The molecule has 0 bridgehead atoms. The second kappa shape index (κ2) is 9.71. The van der Waals surface area contributed by atoms with Gasteiger partial charge in [0.2, 0.25) is 0 Å². The summed E-state index contributed by atoms with van der Waals surface area (Å²) in [6.45, 7) is 6.78. The largest absolute Gasteiger partial charge is 0.399 e. The molecule has 2 nitrogen and oxygen atoms in total. The maximum atomic E-state index is 5.88. The second-order valence-electron chi connectivity index (χ2n) is 5.35. The molecule has 2 N–H and O–H groups in total. The molecule has 0 radical (unpaired) electrons. The van der Waals surface area contributed by atoms with E-state index in [9.17, 15) is 0 Å². The summed E-state index contributed by atoms with van der Waals surface area (Å²) < 4.78 is 0. The Balaban J connectivity index is 2.36. The van der Waals surface area contributed by atoms with Gasteiger partial charge in [-0.25, -0.2) is 0 Å². The van der Waals surface area contributed by atoms with Gasteiger partial charge in [0.25, 0.3) is 0 Å². The van der Waals surface area contributed by atoms with Crippen LogP contribution in [0.5, 0.6) is 0 Å². The van der Waals surface area contributed by atoms with E-state index in [1.807, 2.05) is 6.07 Å². The van der Waals surface area contributed by atoms with Crippen LogP contribution in [-0.2, 0) is 0 Å². The Morgan fingerprint density at radius 1 is 0.895 bits per heavy atom. The van der Waals surface area contributed by atoms with Crippen molar-refractivity contribution < 1.29 is 0 Å². The molecule has 108 valence electrons. The third-order valence-corrected chi connectivity index (χ3v) is 3.51. The van der Waals surface area contributed by atoms with E-state index in [1.54, 1.807) is 0 Å². The maximum Gasteiger partial charge on any atom is 0.0386 e. The molecule has 0 aromatic heterocycles. The molecule has 0 saturated carbocycles. The van der Waals surface area contributed by atoms with Crippen LogP contribution in [0.4, 0.5) is 11.4 Å². The van der Waals surface area contributed by atoms with Crippen LogP contribution in [0.1, 0.15) is 58.8 Å². The highest BCUT2D eigenvalue weighted by atomic mass is 15.1. The Hall–Kier alpha value is -1.18. The fourth-order valence-electron chi connectivity index (χ4n) is 2.44. The van der Waals surface area contributed by atoms with Crippen molar-refractivity contribution in [2.45, 2.75) is 58.8 Å². The quantitative estimate of drug-likeness (QED) is 0.482. The molecule has 0 aliphatic rings. The van der Waals surface area contributed by atoms with E-state index in [1.165, 1.54) is 50.6 Å². The summed E-state index contributed by atoms with van der Waals surface area (Å²) in [5.41, 5.74) is 8.01. The first-order valence-electron chi connectivity index (χ1n) is 7.88. The zero-order chi connectivity index (χ0) is 13.9. The van der Waals surface area contributed by atoms with Gasteiger partial charge in [0.05, 0.1) is 0 Å². The van der Waals surface area contributed by atoms with E-state index in [0.29, 0.717) is 0 Å². The smallest absolute Gasteiger partial charge is 0.0386 e. The van der Waals surface area contributed by atoms with Gasteiger partial charge in [0.1, 0.15) is 0 Å². The molecule has 0 atom stereocenters. The van der Waals surface area contributed by atoms with Crippen molar-refractivity contribution >= 4 is 11.4 Å². The summed E-state index contributed by atoms with van der Waals surface area (Å²) in [6, 6.07) is 8.27. The molecule has 1 aromatic carbocycles. The molecule has 0 spiro atoms. The van der Waals surface area contributed by atoms with Gasteiger partial charge >= 0.3 is 0 Å². The van der Waals surface area contributed by atoms with Crippen LogP contribution in [0.2, 0.25) is 0 Å². The van der Waals surface area contributed by atoms with Crippen LogP contribution in [0, 0.1) is 0 Å². The molecule has 1 aromatic rings. The number of unbranched alkanes of at least 4 members (excludes halogenated alkanes) is 5. The molecule has 0 aliphatic carbocycles. The Bertz CT molecular complexity index is 336. The summed E-state index contributed by atoms with van der Waals surface area (Å²) in [5.74, 6) is 0. The number of hydrogen-bond acceptors (Lipinski definition) is 2. The lowest BCUT2D eigenvalue weighted by atomic mass is 10.1. The first-order chi connectivity index (χ1) is 9.27. The predicted molar refractivity (Wildman–Crippen MR) is 86.7 cm³/mol. The van der Waals surface area contributed by atoms with Crippen LogP contribution in [-0.4, -0.2) is 13.1 Å². The Labute approximate surface area is 119 Å². The summed E-state index contributed by atoms with van der Waals surface area (Å²) in [5, 5.41) is 0. The van der Waals surface area contributed by atoms with Crippen LogP contribution in [0.25, 0.3) is 0 Å². The Morgan fingerprint density at radius 2 is 1.63 bits per heavy atom. The zero-order valence-corrected chi connectivity index (χ0v) is 12.7. The number of nitrogen functional groups attached to an aromatic ring is 1. The van der Waals surface area contributed by atoms with Crippen LogP contribution < -0.4 is 10.6 Å². The van der Waals surface area contributed by atoms with Crippen molar-refractivity contribution in [3.8, 4) is 0 Å². The SMILES string of the molecule is CCCCCCCCN(CCC)c1cccc(N)c1. The van der Waals surface area contributed by atoms with Crippen LogP contribution >= 0.6 is 0 Å². The monoisotopic (exact) mass is 262 g/mol. The van der Waals surface area contributed by atoms with Gasteiger partial charge in [-0.15, -0.1) is 0 Å². The fourth-order valence-corrected chi connectivity index (χ4v) is 2.44. The maximum absolute atomic E-state index is 5.88. The van der Waals surface area contributed by atoms with E-state index in [0.717, 1.165) is 18.8 Å². The molecular weight excluding hydrogens is 232 g/mol. The van der Waals surface area contributed by atoms with Gasteiger partial charge in [-0.1, -0.05) is 52.0 Å². The molecule has 0 fully saturated rings. The van der Waals surface area contributed by atoms with Gasteiger partial charge in [-0.3, -0.25) is 0 Å². The van der Waals surface area contributed by atoms with Crippen LogP contribution in [0.15, 0.2) is 24.3 Å². The zero-order valence-electron chi connectivity index (χ0n) is 12.7. The Morgan fingerprint density at radius 3 is 2.32 bits per heavy atom. The van der Waals surface area contributed by atoms with Gasteiger partial charge in [0.15, 0.2) is 0 Å². The lowest BCUT2D eigenvalue weighted by Gasteiger charge is -2.24. The number of anilines is 2. The third kappa shape index (κ3) is 6.51. The molecule has 0 amide bonds. The number of hydrogen-bond donors (Lipinski definition) is 1. The van der Waals surface area contributed by atoms with Gasteiger partial charge in [-0.05, 0) is 31.0 Å². The third-order valence-electron chi connectivity index (χ3n) is 3.51. The lowest BCUT2D eigenvalue weighted by Crippen LogP contribution is -2.25. The van der Waals surface area contributed by atoms with Crippen LogP contribution in [0.3, 0.4) is 0 Å². The molecule has 19 heavy (non-hydrogen) atoms. The van der Waals surface area contributed by atoms with E-state index < -0.39 is 0 Å². The summed E-state index contributed by atoms with van der Waals surface area (Å²) in [4.78, 5) is 2.47. The predicted octanol–water partition coefficient (Wildman–Crippen LogP) is 4.85. The van der Waals surface area contributed by atoms with Crippen molar-refractivity contribution in [3.63, 3.8) is 0 Å². The summed E-state index contributed by atoms with van der Waals surface area (Å²) >= 11 is 0. The lowest BCUT2D eigenvalue weighted by molar-refractivity contribution is 0.597. The van der Waals surface area contributed by atoms with E-state index in [-0.39, 0.29) is 0 Å². The first kappa shape index (κ1) is 15.9. The minimum Gasteiger partial charge on any atom is -0.399 e. The van der Waals surface area contributed by atoms with Crippen molar-refractivity contribution in [2.75, 3.05) is 23.7 Å². The Kier molecular flexibility index (Phi) is 8.11. The highest BCUT2D eigenvalue weighted by Gasteiger charge is 2.05. The van der Waals surface area contributed by atoms with Gasteiger partial charge in [-0.2, -0.15) is 0 Å². The van der Waals surface area contributed by atoms with Crippen molar-refractivity contribution in [1.82, 2.24) is 0 Å². The van der Waals surface area contributed by atoms with Crippen molar-refractivity contribution in [1.29, 1.82) is 0 Å². The topological polar surface area (TPSA) is 29.3 Å². The summed E-state index contributed by atoms with van der Waals surface area (Å²) in [7, 11) is 0. The molecule has 0 aliphatic heterocycles. The molecule has 0 heterocycles. The normalized spacial score (nSPS) is 10.6. The highest BCUT2D eigenvalue weighted by molar-refractivity contribution is 5.55. The van der Waals surface area contributed by atoms with Gasteiger partial charge < -0.3 is 10.6 Å². The number of nitrogens with two attached hydrogens (primary N) is 1. The fraction of sp³-hybridized carbons (Fsp3) is 0.647. The van der Waals surface area contributed by atoms with E-state index in [2.05, 4.69) is 36.9 Å². The molecule has 0 saturated heterocycles. The molecule has 0 unspecified atom stereocenters. The average Bonchev–Trinajstić information content (AvgIpc) is 2.41. The minimum absolute atomic E-state index is 0.863. The highest BCUT2D eigenvalue weighted by Crippen LogP contribution is 2.19. The first-order valence-corrected chi connectivity index (χ1v) is 7.88. The van der Waals surface area contributed by atoms with E-state index in [4.69, 9.17) is 5.73 Å². The van der Waals surface area contributed by atoms with Crippen molar-refractivity contribution in [3.05, 3.63) is 24.3 Å². The molecule has 1 rings (SSSR count). The molecular formula is C17H30N2. The van der Waals surface area contributed by atoms with Crippen molar-refractivity contribution in [2.24, 2.45) is 0 Å². The number of benzene rings is 1. The van der Waals surface area contributed by atoms with Gasteiger partial charge in [0, 0.05) is 24.5 Å². The summed E-state index contributed by atoms with van der Waals surface area (Å²) in [6.07, 6.45) is 9.30. The number of rotatable bonds is 10.